The van der Waals surface area contributed by atoms with Crippen molar-refractivity contribution in [1.82, 2.24) is 19.1 Å². The van der Waals surface area contributed by atoms with Crippen LogP contribution in [-0.4, -0.2) is 208 Å². The second kappa shape index (κ2) is 58.0. The zero-order valence-electron chi connectivity index (χ0n) is 75.1. The average molecular weight is 1960 g/mol. The van der Waals surface area contributed by atoms with Crippen molar-refractivity contribution in [3.8, 4) is 0 Å². The molecule has 0 unspecified atom stereocenters. The molecular weight excluding hydrogens is 1830 g/mol. The number of fused-ring (bicyclic) bond motifs is 2. The van der Waals surface area contributed by atoms with E-state index < -0.39 is 26.4 Å². The summed E-state index contributed by atoms with van der Waals surface area (Å²) in [7, 11) is 11.5. The zero-order chi connectivity index (χ0) is 85.3. The predicted molar refractivity (Wildman–Crippen MR) is 517 cm³/mol. The van der Waals surface area contributed by atoms with Gasteiger partial charge in [-0.1, -0.05) is 139 Å². The summed E-state index contributed by atoms with van der Waals surface area (Å²) in [4.78, 5) is 22.4. The Kier molecular flexibility index (Phi) is 52.5. The van der Waals surface area contributed by atoms with Gasteiger partial charge in [-0.05, 0) is 214 Å². The summed E-state index contributed by atoms with van der Waals surface area (Å²) in [6.45, 7) is 32.6. The Hall–Kier alpha value is -5.44. The molecule has 0 aliphatic heterocycles. The van der Waals surface area contributed by atoms with E-state index in [9.17, 15) is 0 Å². The third-order valence-electron chi connectivity index (χ3n) is 21.3. The number of nitrogens with zero attached hydrogens (tertiary/aromatic N) is 10. The number of alkyl halides is 1. The molecule has 0 radical (unpaired) electrons. The first kappa shape index (κ1) is 109. The monoisotopic (exact) mass is 1960 g/mol. The number of aryl methyl sites for hydroxylation is 2. The Morgan fingerprint density at radius 3 is 1.08 bits per heavy atom. The minimum Gasteiger partial charge on any atom is -1.00 e. The van der Waals surface area contributed by atoms with E-state index >= 15 is 0 Å². The maximum Gasteiger partial charge on any atom is 1.00 e. The van der Waals surface area contributed by atoms with E-state index in [1.165, 1.54) is 95.3 Å². The molecule has 0 N–H and O–H groups in total. The molecular formula is C93H137I2N10NaO9S2Si3. The number of aromatic nitrogens is 4. The molecule has 2 aliphatic carbocycles. The van der Waals surface area contributed by atoms with Crippen LogP contribution in [0, 0.1) is 0 Å². The molecule has 652 valence electrons. The molecule has 2 aliphatic rings. The molecule has 0 spiro atoms. The quantitative estimate of drug-likeness (QED) is 0.00684. The number of anilines is 4. The first-order chi connectivity index (χ1) is 56.8. The fourth-order valence-corrected chi connectivity index (χ4v) is 21.9. The summed E-state index contributed by atoms with van der Waals surface area (Å²) in [5, 5.41) is 1.67. The van der Waals surface area contributed by atoms with Crippen LogP contribution in [0.1, 0.15) is 140 Å². The third-order valence-corrected chi connectivity index (χ3v) is 32.1. The summed E-state index contributed by atoms with van der Waals surface area (Å²) in [6.07, 6.45) is 19.3. The number of hydrogen-bond donors (Lipinski definition) is 0. The van der Waals surface area contributed by atoms with E-state index in [-0.39, 0.29) is 61.0 Å². The van der Waals surface area contributed by atoms with E-state index in [0.717, 1.165) is 130 Å². The van der Waals surface area contributed by atoms with E-state index in [1.54, 1.807) is 92.7 Å². The van der Waals surface area contributed by atoms with Crippen LogP contribution in [0.2, 0.25) is 18.1 Å². The first-order valence-electron chi connectivity index (χ1n) is 41.2. The third kappa shape index (κ3) is 30.4. The first-order valence-corrected chi connectivity index (χ1v) is 49.9. The number of hydrogen-bond acceptors (Lipinski definition) is 18. The Morgan fingerprint density at radius 1 is 0.442 bits per heavy atom. The van der Waals surface area contributed by atoms with Crippen LogP contribution in [0.4, 0.5) is 22.7 Å². The van der Waals surface area contributed by atoms with Crippen molar-refractivity contribution in [2.24, 2.45) is 19.1 Å². The van der Waals surface area contributed by atoms with Crippen LogP contribution in [-0.2, 0) is 66.6 Å². The largest absolute Gasteiger partial charge is 1.00 e. The molecule has 0 saturated carbocycles. The van der Waals surface area contributed by atoms with Crippen molar-refractivity contribution in [2.75, 3.05) is 166 Å². The Morgan fingerprint density at radius 2 is 0.775 bits per heavy atom. The standard InChI is InChI=1S/C39H54N3O3Si.C33H39N3.C10H20N2O3SSi.C6H15IO3Si.C4H6N2S.CH4.HI.Na/c1-9-40(10-2)33-23-19-31(20-24-33)39(32-21-25-34(26-22-32)41(11-3)12-4)37-27-28-38(36-18-15-14-17-35(36)37)42(13-5)29-16-30-46(43-6,44-7)45-8;1-6-34-32-24-23-31(29-13-11-12-14-30(29)32)33(25-15-19-27(20-16-25)35(7-2)8-3)26-17-21-28(22-18-26)36(9-4)10-5;1-12-7-6-11-10(12)16-8-5-9-17(13-2,14-3)15-4;1-8-11(9-2,10-3)6-4-5-7;1-6-3-2-5-4(6)7;;;/h14-15,17-28H,9-13,16,29-30H2,1-8H3;11-24H,6-10H2,1-5H3;6-7H,5,8-9H2,1-4H3;4-6H2,1-3H3;2-3H,1H3,(H,5,7);1H4;1H;/q+1;;;;;;;+1/p-2. The van der Waals surface area contributed by atoms with E-state index in [2.05, 4.69) is 296 Å². The fraction of sp³-hybridized carbons (Fsp3) is 0.441. The molecule has 19 nitrogen and oxygen atoms in total. The summed E-state index contributed by atoms with van der Waals surface area (Å²) in [5.41, 5.74) is 22.2. The van der Waals surface area contributed by atoms with Gasteiger partial charge in [-0.3, -0.25) is 9.98 Å². The molecule has 6 aromatic carbocycles. The average Bonchev–Trinajstić information content (AvgIpc) is 0.902. The molecule has 0 bridgehead atoms. The fourth-order valence-electron chi connectivity index (χ4n) is 14.4. The maximum atomic E-state index is 5.69. The summed E-state index contributed by atoms with van der Waals surface area (Å²) in [6, 6.07) is 56.4. The van der Waals surface area contributed by atoms with Crippen LogP contribution in [0.3, 0.4) is 0 Å². The van der Waals surface area contributed by atoms with Crippen LogP contribution in [0.25, 0.3) is 22.3 Å². The molecule has 10 rings (SSSR count). The molecule has 2 heterocycles. The minimum atomic E-state index is -2.62. The number of aliphatic imine (C=N–C) groups is 1. The SMILES string of the molecule is C.CCN(CC)c1ccc(C(=C2C=CC(=[N+](CC)CCC[Si](OC)(OC)OC)c3ccccc32)c2ccc(N(CC)CC)cc2)cc1.CCN=C1C=CC(=C(c2ccc(N(CC)CC)cc2)c2ccc(N(CC)CC)cc2)c2ccccc21.CO[Si](CCCI)(OC)OC.CO[Si](CCCSc1nccn1C)(OC)OC.Cn1ccnc1[S-].[I-].[Na+]. The number of benzene rings is 6. The number of rotatable bonds is 39. The minimum absolute atomic E-state index is 0. The van der Waals surface area contributed by atoms with Gasteiger partial charge in [-0.15, -0.1) is 0 Å². The van der Waals surface area contributed by atoms with Crippen LogP contribution < -0.4 is 73.1 Å². The maximum absolute atomic E-state index is 5.69. The molecule has 120 heavy (non-hydrogen) atoms. The van der Waals surface area contributed by atoms with Gasteiger partial charge in [0.15, 0.2) is 5.16 Å². The van der Waals surface area contributed by atoms with Crippen molar-refractivity contribution < 1.29 is 97.9 Å². The number of thioether (sulfide) groups is 1. The van der Waals surface area contributed by atoms with Crippen LogP contribution >= 0.6 is 34.4 Å². The number of imidazole rings is 2. The van der Waals surface area contributed by atoms with Gasteiger partial charge in [0.2, 0.25) is 5.71 Å². The normalized spacial score (nSPS) is 12.7. The van der Waals surface area contributed by atoms with E-state index in [1.807, 2.05) is 31.1 Å². The second-order valence-corrected chi connectivity index (χ2v) is 39.2. The van der Waals surface area contributed by atoms with E-state index in [4.69, 9.17) is 57.5 Å². The summed E-state index contributed by atoms with van der Waals surface area (Å²) in [5.74, 6) is 0.982. The van der Waals surface area contributed by atoms with Gasteiger partial charge >= 0.3 is 56.0 Å². The second-order valence-electron chi connectivity index (χ2n) is 27.4. The predicted octanol–water partition coefficient (Wildman–Crippen LogP) is 14.2. The molecule has 0 fully saturated rings. The van der Waals surface area contributed by atoms with Gasteiger partial charge in [-0.25, -0.2) is 9.56 Å². The van der Waals surface area contributed by atoms with Crippen LogP contribution in [0.5, 0.6) is 0 Å². The van der Waals surface area contributed by atoms with Crippen molar-refractivity contribution in [2.45, 2.75) is 124 Å². The molecule has 0 saturated heterocycles. The molecule has 0 atom stereocenters. The van der Waals surface area contributed by atoms with Gasteiger partial charge < -0.3 is 105 Å². The van der Waals surface area contributed by atoms with Gasteiger partial charge in [0.05, 0.1) is 11.3 Å². The van der Waals surface area contributed by atoms with Crippen LogP contribution in [0.15, 0.2) is 210 Å². The van der Waals surface area contributed by atoms with Gasteiger partial charge in [-0.2, -0.15) is 0 Å². The van der Waals surface area contributed by atoms with E-state index in [0.29, 0.717) is 5.16 Å². The summed E-state index contributed by atoms with van der Waals surface area (Å²) >= 11 is 8.80. The zero-order valence-corrected chi connectivity index (χ0v) is 86.1. The topological polar surface area (TPSA) is 147 Å². The molecule has 2 aromatic heterocycles. The number of allylic oxidation sites excluding steroid dienone is 6. The van der Waals surface area contributed by atoms with Crippen molar-refractivity contribution in [3.05, 3.63) is 239 Å². The smallest absolute Gasteiger partial charge is 1.00 e. The molecule has 27 heteroatoms. The van der Waals surface area contributed by atoms with Crippen molar-refractivity contribution in [1.29, 1.82) is 0 Å². The number of halogens is 2. The van der Waals surface area contributed by atoms with Crippen molar-refractivity contribution in [3.63, 3.8) is 0 Å². The summed E-state index contributed by atoms with van der Waals surface area (Å²) < 4.78 is 56.2. The Labute approximate surface area is 787 Å². The Bertz CT molecular complexity index is 4260. The molecule has 8 aromatic rings. The van der Waals surface area contributed by atoms with Gasteiger partial charge in [0.1, 0.15) is 13.1 Å². The van der Waals surface area contributed by atoms with Crippen molar-refractivity contribution >= 4 is 130 Å². The van der Waals surface area contributed by atoms with Gasteiger partial charge in [0, 0.05) is 226 Å². The molecule has 0 amide bonds. The van der Waals surface area contributed by atoms with Gasteiger partial charge in [0.25, 0.3) is 0 Å². The Balaban J connectivity index is 0.000000441.